The van der Waals surface area contributed by atoms with Crippen LogP contribution in [0.2, 0.25) is 0 Å². The van der Waals surface area contributed by atoms with Gasteiger partial charge in [0, 0.05) is 25.7 Å². The van der Waals surface area contributed by atoms with E-state index in [-0.39, 0.29) is 23.5 Å². The van der Waals surface area contributed by atoms with Crippen LogP contribution < -0.4 is 5.73 Å². The van der Waals surface area contributed by atoms with Gasteiger partial charge in [0.25, 0.3) is 0 Å². The van der Waals surface area contributed by atoms with Gasteiger partial charge in [-0.15, -0.1) is 0 Å². The SMILES string of the molecule is Cn1ccc(CC(N)C2CCS(=O)(=O)C2)n1. The minimum atomic E-state index is -2.83. The van der Waals surface area contributed by atoms with Gasteiger partial charge < -0.3 is 5.73 Å². The van der Waals surface area contributed by atoms with Crippen LogP contribution in [0.5, 0.6) is 0 Å². The fraction of sp³-hybridized carbons (Fsp3) is 0.700. The predicted molar refractivity (Wildman–Crippen MR) is 61.6 cm³/mol. The van der Waals surface area contributed by atoms with Gasteiger partial charge >= 0.3 is 0 Å². The Morgan fingerprint density at radius 3 is 2.94 bits per heavy atom. The Bertz CT molecular complexity index is 466. The van der Waals surface area contributed by atoms with Crippen LogP contribution in [0.4, 0.5) is 0 Å². The van der Waals surface area contributed by atoms with E-state index >= 15 is 0 Å². The fourth-order valence-electron chi connectivity index (χ4n) is 2.14. The summed E-state index contributed by atoms with van der Waals surface area (Å²) in [6, 6.07) is 1.82. The van der Waals surface area contributed by atoms with Crippen molar-refractivity contribution in [3.05, 3.63) is 18.0 Å². The van der Waals surface area contributed by atoms with Gasteiger partial charge in [0.1, 0.15) is 0 Å². The molecular weight excluding hydrogens is 226 g/mol. The topological polar surface area (TPSA) is 78.0 Å². The Kier molecular flexibility index (Phi) is 3.03. The number of hydrogen-bond acceptors (Lipinski definition) is 4. The molecule has 0 radical (unpaired) electrons. The third-order valence-electron chi connectivity index (χ3n) is 3.09. The zero-order valence-electron chi connectivity index (χ0n) is 9.33. The highest BCUT2D eigenvalue weighted by Crippen LogP contribution is 2.22. The molecule has 1 fully saturated rings. The van der Waals surface area contributed by atoms with Crippen LogP contribution in [-0.2, 0) is 23.3 Å². The summed E-state index contributed by atoms with van der Waals surface area (Å²) in [5.74, 6) is 0.612. The van der Waals surface area contributed by atoms with Crippen molar-refractivity contribution in [3.63, 3.8) is 0 Å². The highest BCUT2D eigenvalue weighted by Gasteiger charge is 2.32. The number of hydrogen-bond donors (Lipinski definition) is 1. The third-order valence-corrected chi connectivity index (χ3v) is 4.88. The van der Waals surface area contributed by atoms with Gasteiger partial charge in [-0.05, 0) is 18.4 Å². The average Bonchev–Trinajstić information content (AvgIpc) is 2.72. The Labute approximate surface area is 95.6 Å². The molecule has 2 unspecified atom stereocenters. The molecule has 2 rings (SSSR count). The number of aryl methyl sites for hydroxylation is 1. The van der Waals surface area contributed by atoms with Gasteiger partial charge in [-0.3, -0.25) is 4.68 Å². The quantitative estimate of drug-likeness (QED) is 0.792. The number of nitrogens with two attached hydrogens (primary N) is 1. The van der Waals surface area contributed by atoms with Gasteiger partial charge in [0.15, 0.2) is 9.84 Å². The molecule has 16 heavy (non-hydrogen) atoms. The molecule has 0 saturated carbocycles. The van der Waals surface area contributed by atoms with Crippen molar-refractivity contribution in [2.24, 2.45) is 18.7 Å². The zero-order valence-corrected chi connectivity index (χ0v) is 10.2. The van der Waals surface area contributed by atoms with E-state index in [1.165, 1.54) is 0 Å². The van der Waals surface area contributed by atoms with Gasteiger partial charge in [-0.1, -0.05) is 0 Å². The van der Waals surface area contributed by atoms with Gasteiger partial charge in [-0.25, -0.2) is 8.42 Å². The summed E-state index contributed by atoms with van der Waals surface area (Å²) in [6.07, 6.45) is 3.21. The molecule has 2 atom stereocenters. The van der Waals surface area contributed by atoms with E-state index in [4.69, 9.17) is 5.73 Å². The zero-order chi connectivity index (χ0) is 11.8. The summed E-state index contributed by atoms with van der Waals surface area (Å²) in [5, 5.41) is 4.25. The summed E-state index contributed by atoms with van der Waals surface area (Å²) in [5.41, 5.74) is 6.96. The summed E-state index contributed by atoms with van der Waals surface area (Å²) in [6.45, 7) is 0. The highest BCUT2D eigenvalue weighted by atomic mass is 32.2. The van der Waals surface area contributed by atoms with Crippen LogP contribution in [0.1, 0.15) is 12.1 Å². The first-order chi connectivity index (χ1) is 7.46. The maximum absolute atomic E-state index is 11.3. The van der Waals surface area contributed by atoms with Crippen molar-refractivity contribution in [2.45, 2.75) is 18.9 Å². The molecule has 2 N–H and O–H groups in total. The van der Waals surface area contributed by atoms with E-state index in [1.54, 1.807) is 4.68 Å². The summed E-state index contributed by atoms with van der Waals surface area (Å²) in [4.78, 5) is 0. The molecule has 2 heterocycles. The van der Waals surface area contributed by atoms with Crippen LogP contribution in [0.3, 0.4) is 0 Å². The Morgan fingerprint density at radius 2 is 2.44 bits per heavy atom. The first-order valence-electron chi connectivity index (χ1n) is 5.41. The summed E-state index contributed by atoms with van der Waals surface area (Å²) >= 11 is 0. The maximum atomic E-state index is 11.3. The normalized spacial score (nSPS) is 25.8. The lowest BCUT2D eigenvalue weighted by Gasteiger charge is -2.16. The molecule has 0 spiro atoms. The average molecular weight is 243 g/mol. The van der Waals surface area contributed by atoms with Crippen molar-refractivity contribution >= 4 is 9.84 Å². The molecular formula is C10H17N3O2S. The number of aromatic nitrogens is 2. The highest BCUT2D eigenvalue weighted by molar-refractivity contribution is 7.91. The fourth-order valence-corrected chi connectivity index (χ4v) is 4.04. The lowest BCUT2D eigenvalue weighted by atomic mass is 9.96. The molecule has 1 saturated heterocycles. The molecule has 0 bridgehead atoms. The number of sulfone groups is 1. The van der Waals surface area contributed by atoms with Crippen LogP contribution in [0, 0.1) is 5.92 Å². The minimum absolute atomic E-state index is 0.0898. The van der Waals surface area contributed by atoms with Crippen LogP contribution >= 0.6 is 0 Å². The largest absolute Gasteiger partial charge is 0.327 e. The van der Waals surface area contributed by atoms with E-state index in [0.717, 1.165) is 5.69 Å². The van der Waals surface area contributed by atoms with Gasteiger partial charge in [0.2, 0.25) is 0 Å². The molecule has 0 aromatic carbocycles. The number of rotatable bonds is 3. The maximum Gasteiger partial charge on any atom is 0.150 e. The van der Waals surface area contributed by atoms with E-state index in [1.807, 2.05) is 19.3 Å². The van der Waals surface area contributed by atoms with Crippen molar-refractivity contribution < 1.29 is 8.42 Å². The lowest BCUT2D eigenvalue weighted by Crippen LogP contribution is -2.33. The minimum Gasteiger partial charge on any atom is -0.327 e. The molecule has 1 aromatic rings. The predicted octanol–water partition coefficient (Wildman–Crippen LogP) is -0.275. The number of nitrogens with zero attached hydrogens (tertiary/aromatic N) is 2. The molecule has 0 aliphatic carbocycles. The molecule has 0 amide bonds. The van der Waals surface area contributed by atoms with E-state index in [0.29, 0.717) is 12.8 Å². The Morgan fingerprint density at radius 1 is 1.69 bits per heavy atom. The Hall–Kier alpha value is -0.880. The van der Waals surface area contributed by atoms with Crippen LogP contribution in [0.15, 0.2) is 12.3 Å². The van der Waals surface area contributed by atoms with Crippen molar-refractivity contribution in [2.75, 3.05) is 11.5 Å². The van der Waals surface area contributed by atoms with E-state index < -0.39 is 9.84 Å². The first-order valence-corrected chi connectivity index (χ1v) is 7.23. The van der Waals surface area contributed by atoms with E-state index in [2.05, 4.69) is 5.10 Å². The second-order valence-corrected chi connectivity index (χ2v) is 6.74. The molecule has 1 aliphatic heterocycles. The lowest BCUT2D eigenvalue weighted by molar-refractivity contribution is 0.456. The molecule has 90 valence electrons. The smallest absolute Gasteiger partial charge is 0.150 e. The second kappa shape index (κ2) is 4.18. The van der Waals surface area contributed by atoms with E-state index in [9.17, 15) is 8.42 Å². The first kappa shape index (κ1) is 11.6. The van der Waals surface area contributed by atoms with Crippen molar-refractivity contribution in [1.29, 1.82) is 0 Å². The molecule has 1 aliphatic rings. The Balaban J connectivity index is 1.96. The van der Waals surface area contributed by atoms with Crippen LogP contribution in [-0.4, -0.2) is 35.7 Å². The van der Waals surface area contributed by atoms with Gasteiger partial charge in [-0.2, -0.15) is 5.10 Å². The standard InChI is InChI=1S/C10H17N3O2S/c1-13-4-2-9(12-13)6-10(11)8-3-5-16(14,15)7-8/h2,4,8,10H,3,5-7,11H2,1H3. The third kappa shape index (κ3) is 2.62. The van der Waals surface area contributed by atoms with Crippen LogP contribution in [0.25, 0.3) is 0 Å². The monoisotopic (exact) mass is 243 g/mol. The van der Waals surface area contributed by atoms with Crippen molar-refractivity contribution in [1.82, 2.24) is 9.78 Å². The second-order valence-electron chi connectivity index (χ2n) is 4.51. The molecule has 6 heteroatoms. The van der Waals surface area contributed by atoms with Gasteiger partial charge in [0.05, 0.1) is 17.2 Å². The van der Waals surface area contributed by atoms with Crippen molar-refractivity contribution in [3.8, 4) is 0 Å². The summed E-state index contributed by atoms with van der Waals surface area (Å²) in [7, 11) is -0.977. The molecule has 5 nitrogen and oxygen atoms in total. The molecule has 1 aromatic heterocycles. The summed E-state index contributed by atoms with van der Waals surface area (Å²) < 4.78 is 24.4.